The molecular formula is C14H12N2OS2. The summed E-state index contributed by atoms with van der Waals surface area (Å²) in [6.45, 7) is 1.54. The molecule has 0 atom stereocenters. The Labute approximate surface area is 120 Å². The molecule has 2 aromatic rings. The molecule has 0 saturated heterocycles. The number of thiazole rings is 1. The SMILES string of the molecule is CC(=O)SCC#Cc1ccc(-c2csc(N)n2)cc1. The minimum absolute atomic E-state index is 0.0887. The number of aromatic nitrogens is 1. The van der Waals surface area contributed by atoms with E-state index in [1.165, 1.54) is 23.1 Å². The molecule has 3 nitrogen and oxygen atoms in total. The van der Waals surface area contributed by atoms with Crippen molar-refractivity contribution in [2.45, 2.75) is 6.92 Å². The zero-order valence-corrected chi connectivity index (χ0v) is 12.0. The van der Waals surface area contributed by atoms with E-state index in [0.717, 1.165) is 16.8 Å². The summed E-state index contributed by atoms with van der Waals surface area (Å²) in [4.78, 5) is 15.0. The van der Waals surface area contributed by atoms with Crippen molar-refractivity contribution < 1.29 is 4.79 Å². The molecule has 1 heterocycles. The van der Waals surface area contributed by atoms with E-state index in [4.69, 9.17) is 5.73 Å². The van der Waals surface area contributed by atoms with Gasteiger partial charge >= 0.3 is 0 Å². The highest BCUT2D eigenvalue weighted by Gasteiger charge is 2.01. The van der Waals surface area contributed by atoms with E-state index in [9.17, 15) is 4.79 Å². The van der Waals surface area contributed by atoms with Gasteiger partial charge in [-0.2, -0.15) is 0 Å². The Morgan fingerprint density at radius 2 is 2.16 bits per heavy atom. The molecule has 0 aliphatic rings. The first-order valence-corrected chi connectivity index (χ1v) is 7.45. The van der Waals surface area contributed by atoms with Gasteiger partial charge in [-0.15, -0.1) is 11.3 Å². The first-order chi connectivity index (χ1) is 9.15. The summed E-state index contributed by atoms with van der Waals surface area (Å²) in [7, 11) is 0. The lowest BCUT2D eigenvalue weighted by Gasteiger charge is -1.96. The third kappa shape index (κ3) is 4.12. The Hall–Kier alpha value is -1.77. The quantitative estimate of drug-likeness (QED) is 0.863. The molecule has 1 aromatic heterocycles. The molecule has 2 rings (SSSR count). The number of hydrogen-bond acceptors (Lipinski definition) is 5. The van der Waals surface area contributed by atoms with Crippen molar-refractivity contribution in [2.24, 2.45) is 0 Å². The maximum absolute atomic E-state index is 10.7. The third-order valence-electron chi connectivity index (χ3n) is 2.28. The van der Waals surface area contributed by atoms with Crippen molar-refractivity contribution >= 4 is 33.3 Å². The van der Waals surface area contributed by atoms with Gasteiger partial charge in [-0.05, 0) is 12.1 Å². The molecule has 0 fully saturated rings. The number of nitrogens with two attached hydrogens (primary N) is 1. The molecule has 0 spiro atoms. The van der Waals surface area contributed by atoms with Crippen LogP contribution in [0.15, 0.2) is 29.6 Å². The highest BCUT2D eigenvalue weighted by molar-refractivity contribution is 8.13. The average molecular weight is 288 g/mol. The van der Waals surface area contributed by atoms with Gasteiger partial charge in [-0.1, -0.05) is 35.7 Å². The number of nitrogens with zero attached hydrogens (tertiary/aromatic N) is 1. The zero-order valence-electron chi connectivity index (χ0n) is 10.3. The molecule has 5 heteroatoms. The summed E-state index contributed by atoms with van der Waals surface area (Å²) in [6, 6.07) is 7.82. The Kier molecular flexibility index (Phi) is 4.61. The molecule has 96 valence electrons. The minimum atomic E-state index is 0.0887. The van der Waals surface area contributed by atoms with Crippen molar-refractivity contribution in [1.29, 1.82) is 0 Å². The van der Waals surface area contributed by atoms with Crippen LogP contribution in [-0.4, -0.2) is 15.9 Å². The van der Waals surface area contributed by atoms with Crippen molar-refractivity contribution in [3.8, 4) is 23.1 Å². The molecule has 1 aromatic carbocycles. The molecule has 0 radical (unpaired) electrons. The van der Waals surface area contributed by atoms with E-state index in [2.05, 4.69) is 16.8 Å². The van der Waals surface area contributed by atoms with E-state index < -0.39 is 0 Å². The second kappa shape index (κ2) is 6.41. The first kappa shape index (κ1) is 13.7. The number of carbonyl (C=O) groups excluding carboxylic acids is 1. The monoisotopic (exact) mass is 288 g/mol. The van der Waals surface area contributed by atoms with Crippen LogP contribution in [0.5, 0.6) is 0 Å². The van der Waals surface area contributed by atoms with Crippen LogP contribution in [0, 0.1) is 11.8 Å². The highest BCUT2D eigenvalue weighted by Crippen LogP contribution is 2.23. The third-order valence-corrected chi connectivity index (χ3v) is 3.65. The molecule has 0 aliphatic heterocycles. The lowest BCUT2D eigenvalue weighted by molar-refractivity contribution is -0.109. The summed E-state index contributed by atoms with van der Waals surface area (Å²) in [6.07, 6.45) is 0. The predicted octanol–water partition coefficient (Wildman–Crippen LogP) is 3.02. The van der Waals surface area contributed by atoms with Gasteiger partial charge in [-0.3, -0.25) is 4.79 Å². The van der Waals surface area contributed by atoms with Crippen LogP contribution in [0.4, 0.5) is 5.13 Å². The van der Waals surface area contributed by atoms with Crippen LogP contribution in [0.3, 0.4) is 0 Å². The van der Waals surface area contributed by atoms with E-state index in [-0.39, 0.29) is 5.12 Å². The molecule has 0 saturated carbocycles. The van der Waals surface area contributed by atoms with Crippen molar-refractivity contribution in [2.75, 3.05) is 11.5 Å². The second-order valence-electron chi connectivity index (χ2n) is 3.73. The first-order valence-electron chi connectivity index (χ1n) is 5.59. The van der Waals surface area contributed by atoms with Gasteiger partial charge < -0.3 is 5.73 Å². The Bertz CT molecular complexity index is 635. The van der Waals surface area contributed by atoms with Gasteiger partial charge in [0.2, 0.25) is 0 Å². The highest BCUT2D eigenvalue weighted by atomic mass is 32.2. The lowest BCUT2D eigenvalue weighted by atomic mass is 10.1. The summed E-state index contributed by atoms with van der Waals surface area (Å²) < 4.78 is 0. The fraction of sp³-hybridized carbons (Fsp3) is 0.143. The smallest absolute Gasteiger partial charge is 0.186 e. The molecule has 0 bridgehead atoms. The molecule has 0 unspecified atom stereocenters. The number of rotatable bonds is 2. The van der Waals surface area contributed by atoms with Crippen LogP contribution in [0.1, 0.15) is 12.5 Å². The normalized spacial score (nSPS) is 9.74. The van der Waals surface area contributed by atoms with Gasteiger partial charge in [-0.25, -0.2) is 4.98 Å². The number of nitrogen functional groups attached to an aromatic ring is 1. The van der Waals surface area contributed by atoms with Gasteiger partial charge in [0, 0.05) is 23.4 Å². The van der Waals surface area contributed by atoms with Crippen molar-refractivity contribution in [1.82, 2.24) is 4.98 Å². The molecule has 0 amide bonds. The number of thioether (sulfide) groups is 1. The molecule has 2 N–H and O–H groups in total. The minimum Gasteiger partial charge on any atom is -0.375 e. The van der Waals surface area contributed by atoms with E-state index in [1.807, 2.05) is 29.6 Å². The lowest BCUT2D eigenvalue weighted by Crippen LogP contribution is -1.84. The van der Waals surface area contributed by atoms with Crippen LogP contribution in [0.25, 0.3) is 11.3 Å². The molecular weight excluding hydrogens is 276 g/mol. The predicted molar refractivity (Wildman–Crippen MR) is 82.0 cm³/mol. The summed E-state index contributed by atoms with van der Waals surface area (Å²) in [5.41, 5.74) is 8.44. The van der Waals surface area contributed by atoms with E-state index in [0.29, 0.717) is 10.9 Å². The topological polar surface area (TPSA) is 56.0 Å². The largest absolute Gasteiger partial charge is 0.375 e. The van der Waals surface area contributed by atoms with E-state index >= 15 is 0 Å². The van der Waals surface area contributed by atoms with Crippen molar-refractivity contribution in [3.05, 3.63) is 35.2 Å². The Morgan fingerprint density at radius 1 is 1.42 bits per heavy atom. The average Bonchev–Trinajstić information content (AvgIpc) is 2.82. The Morgan fingerprint density at radius 3 is 2.74 bits per heavy atom. The number of benzene rings is 1. The van der Waals surface area contributed by atoms with Crippen LogP contribution in [0.2, 0.25) is 0 Å². The van der Waals surface area contributed by atoms with Gasteiger partial charge in [0.05, 0.1) is 11.4 Å². The summed E-state index contributed by atoms with van der Waals surface area (Å²) >= 11 is 2.65. The second-order valence-corrected chi connectivity index (χ2v) is 5.77. The number of anilines is 1. The standard InChI is InChI=1S/C14H12N2OS2/c1-10(17)18-8-2-3-11-4-6-12(7-5-11)13-9-19-14(15)16-13/h4-7,9H,8H2,1H3,(H2,15,16). The van der Waals surface area contributed by atoms with E-state index in [1.54, 1.807) is 6.92 Å². The number of hydrogen-bond donors (Lipinski definition) is 1. The van der Waals surface area contributed by atoms with Crippen LogP contribution >= 0.6 is 23.1 Å². The Balaban J connectivity index is 2.04. The fourth-order valence-electron chi connectivity index (χ4n) is 1.42. The van der Waals surface area contributed by atoms with Crippen molar-refractivity contribution in [3.63, 3.8) is 0 Å². The fourth-order valence-corrected chi connectivity index (χ4v) is 2.34. The van der Waals surface area contributed by atoms with Crippen LogP contribution in [-0.2, 0) is 4.79 Å². The van der Waals surface area contributed by atoms with Gasteiger partial charge in [0.25, 0.3) is 0 Å². The maximum atomic E-state index is 10.7. The maximum Gasteiger partial charge on any atom is 0.186 e. The molecule has 19 heavy (non-hydrogen) atoms. The zero-order chi connectivity index (χ0) is 13.7. The van der Waals surface area contributed by atoms with Gasteiger partial charge in [0.1, 0.15) is 0 Å². The molecule has 0 aliphatic carbocycles. The number of carbonyl (C=O) groups is 1. The van der Waals surface area contributed by atoms with Gasteiger partial charge in [0.15, 0.2) is 10.2 Å². The van der Waals surface area contributed by atoms with Crippen LogP contribution < -0.4 is 5.73 Å². The summed E-state index contributed by atoms with van der Waals surface area (Å²) in [5.74, 6) is 6.50. The summed E-state index contributed by atoms with van der Waals surface area (Å²) in [5, 5.41) is 2.59.